The number of pyridine rings is 1. The van der Waals surface area contributed by atoms with Crippen LogP contribution in [0.5, 0.6) is 5.75 Å². The summed E-state index contributed by atoms with van der Waals surface area (Å²) in [7, 11) is 0. The van der Waals surface area contributed by atoms with Crippen molar-refractivity contribution in [2.45, 2.75) is 0 Å². The van der Waals surface area contributed by atoms with Crippen LogP contribution < -0.4 is 0 Å². The molecule has 4 aromatic rings. The van der Waals surface area contributed by atoms with E-state index in [9.17, 15) is 5.11 Å². The van der Waals surface area contributed by atoms with E-state index in [4.69, 9.17) is 0 Å². The molecule has 5 heteroatoms. The summed E-state index contributed by atoms with van der Waals surface area (Å²) in [6.45, 7) is 0. The second kappa shape index (κ2) is 7.03. The Morgan fingerprint density at radius 2 is 1.54 bits per heavy atom. The van der Waals surface area contributed by atoms with Gasteiger partial charge in [-0.3, -0.25) is 4.98 Å². The molecule has 5 nitrogen and oxygen atoms in total. The monoisotopic (exact) mass is 340 g/mol. The van der Waals surface area contributed by atoms with E-state index in [2.05, 4.69) is 15.1 Å². The van der Waals surface area contributed by atoms with Crippen LogP contribution in [0, 0.1) is 0 Å². The molecule has 0 aliphatic heterocycles. The molecule has 0 amide bonds. The van der Waals surface area contributed by atoms with Crippen LogP contribution >= 0.6 is 0 Å². The van der Waals surface area contributed by atoms with Crippen molar-refractivity contribution in [2.24, 2.45) is 0 Å². The number of para-hydroxylation sites is 2. The molecule has 0 spiro atoms. The molecule has 2 aromatic heterocycles. The Kier molecular flexibility index (Phi) is 4.26. The van der Waals surface area contributed by atoms with Gasteiger partial charge in [0.2, 0.25) is 0 Å². The lowest BCUT2D eigenvalue weighted by Crippen LogP contribution is -1.99. The third-order valence-electron chi connectivity index (χ3n) is 3.90. The number of hydrogen-bond donors (Lipinski definition) is 1. The predicted octanol–water partition coefficient (Wildman–Crippen LogP) is 4.21. The van der Waals surface area contributed by atoms with Crippen LogP contribution in [-0.4, -0.2) is 24.9 Å². The van der Waals surface area contributed by atoms with Gasteiger partial charge in [-0.15, -0.1) is 5.10 Å². The zero-order chi connectivity index (χ0) is 17.8. The largest absolute Gasteiger partial charge is 0.507 e. The Morgan fingerprint density at radius 3 is 2.31 bits per heavy atom. The molecule has 2 aromatic carbocycles. The summed E-state index contributed by atoms with van der Waals surface area (Å²) < 4.78 is 1.74. The molecule has 0 atom stereocenters. The van der Waals surface area contributed by atoms with Gasteiger partial charge in [0.15, 0.2) is 11.6 Å². The molecule has 0 aliphatic carbocycles. The van der Waals surface area contributed by atoms with E-state index >= 15 is 0 Å². The highest BCUT2D eigenvalue weighted by molar-refractivity contribution is 5.70. The van der Waals surface area contributed by atoms with Crippen molar-refractivity contribution < 1.29 is 5.11 Å². The minimum Gasteiger partial charge on any atom is -0.507 e. The Hall–Kier alpha value is -3.73. The topological polar surface area (TPSA) is 63.8 Å². The van der Waals surface area contributed by atoms with Crippen LogP contribution in [-0.2, 0) is 0 Å². The molecule has 0 unspecified atom stereocenters. The van der Waals surface area contributed by atoms with E-state index in [1.165, 1.54) is 0 Å². The number of nitrogens with zero attached hydrogens (tertiary/aromatic N) is 4. The number of hydrogen-bond acceptors (Lipinski definition) is 4. The van der Waals surface area contributed by atoms with Crippen molar-refractivity contribution in [1.82, 2.24) is 19.7 Å². The fraction of sp³-hybridized carbons (Fsp3) is 0. The smallest absolute Gasteiger partial charge is 0.175 e. The first-order chi connectivity index (χ1) is 12.8. The van der Waals surface area contributed by atoms with Gasteiger partial charge in [0.1, 0.15) is 5.75 Å². The van der Waals surface area contributed by atoms with Gasteiger partial charge in [-0.1, -0.05) is 36.4 Å². The number of aromatic nitrogens is 4. The highest BCUT2D eigenvalue weighted by Crippen LogP contribution is 2.29. The molecule has 0 saturated carbocycles. The second-order valence-corrected chi connectivity index (χ2v) is 5.67. The number of aromatic hydroxyl groups is 1. The van der Waals surface area contributed by atoms with Gasteiger partial charge in [-0.25, -0.2) is 9.67 Å². The number of phenolic OH excluding ortho intramolecular Hbond substituents is 1. The quantitative estimate of drug-likeness (QED) is 0.604. The third kappa shape index (κ3) is 3.23. The van der Waals surface area contributed by atoms with Crippen molar-refractivity contribution >= 4 is 12.2 Å². The lowest BCUT2D eigenvalue weighted by molar-refractivity contribution is 0.476. The average Bonchev–Trinajstić information content (AvgIpc) is 3.12. The maximum absolute atomic E-state index is 10.2. The Labute approximate surface area is 150 Å². The Morgan fingerprint density at radius 1 is 0.808 bits per heavy atom. The molecule has 26 heavy (non-hydrogen) atoms. The molecular weight excluding hydrogens is 324 g/mol. The number of rotatable bonds is 4. The van der Waals surface area contributed by atoms with Crippen molar-refractivity contribution in [3.63, 3.8) is 0 Å². The molecule has 0 saturated heterocycles. The van der Waals surface area contributed by atoms with Crippen molar-refractivity contribution in [3.8, 4) is 22.8 Å². The molecule has 2 heterocycles. The summed E-state index contributed by atoms with van der Waals surface area (Å²) in [5.41, 5.74) is 2.52. The molecule has 4 rings (SSSR count). The summed E-state index contributed by atoms with van der Waals surface area (Å²) >= 11 is 0. The minimum atomic E-state index is 0.168. The first kappa shape index (κ1) is 15.8. The molecule has 126 valence electrons. The van der Waals surface area contributed by atoms with Gasteiger partial charge in [0.25, 0.3) is 0 Å². The summed E-state index contributed by atoms with van der Waals surface area (Å²) in [4.78, 5) is 8.63. The van der Waals surface area contributed by atoms with E-state index in [1.807, 2.05) is 66.7 Å². The second-order valence-electron chi connectivity index (χ2n) is 5.67. The zero-order valence-corrected chi connectivity index (χ0v) is 13.9. The molecule has 0 fully saturated rings. The predicted molar refractivity (Wildman–Crippen MR) is 102 cm³/mol. The van der Waals surface area contributed by atoms with Crippen molar-refractivity contribution in [2.75, 3.05) is 0 Å². The normalized spacial score (nSPS) is 11.1. The van der Waals surface area contributed by atoms with Gasteiger partial charge >= 0.3 is 0 Å². The van der Waals surface area contributed by atoms with Crippen LogP contribution in [0.2, 0.25) is 0 Å². The molecule has 0 radical (unpaired) electrons. The van der Waals surface area contributed by atoms with Gasteiger partial charge in [-0.05, 0) is 48.0 Å². The lowest BCUT2D eigenvalue weighted by Gasteiger charge is -2.06. The lowest BCUT2D eigenvalue weighted by atomic mass is 10.2. The van der Waals surface area contributed by atoms with Crippen LogP contribution in [0.4, 0.5) is 0 Å². The highest BCUT2D eigenvalue weighted by atomic mass is 16.3. The average molecular weight is 340 g/mol. The maximum atomic E-state index is 10.2. The fourth-order valence-corrected chi connectivity index (χ4v) is 2.63. The van der Waals surface area contributed by atoms with Gasteiger partial charge in [0, 0.05) is 12.4 Å². The molecule has 0 aliphatic rings. The van der Waals surface area contributed by atoms with Crippen molar-refractivity contribution in [1.29, 1.82) is 0 Å². The van der Waals surface area contributed by atoms with Crippen LogP contribution in [0.1, 0.15) is 11.4 Å². The van der Waals surface area contributed by atoms with Gasteiger partial charge in [-0.2, -0.15) is 0 Å². The van der Waals surface area contributed by atoms with Gasteiger partial charge < -0.3 is 5.11 Å². The van der Waals surface area contributed by atoms with E-state index in [1.54, 1.807) is 29.2 Å². The van der Waals surface area contributed by atoms with Gasteiger partial charge in [0.05, 0.1) is 11.3 Å². The molecular formula is C21H16N4O. The summed E-state index contributed by atoms with van der Waals surface area (Å²) in [5, 5.41) is 14.9. The minimum absolute atomic E-state index is 0.168. The highest BCUT2D eigenvalue weighted by Gasteiger charge is 2.15. The van der Waals surface area contributed by atoms with Crippen molar-refractivity contribution in [3.05, 3.63) is 90.5 Å². The SMILES string of the molecule is Oc1ccccc1-c1nc(/C=C/c2ccncc2)nn1-c1ccccc1. The van der Waals surface area contributed by atoms with E-state index in [0.717, 1.165) is 11.3 Å². The van der Waals surface area contributed by atoms with E-state index in [-0.39, 0.29) is 5.75 Å². The summed E-state index contributed by atoms with van der Waals surface area (Å²) in [5.74, 6) is 1.31. The number of benzene rings is 2. The zero-order valence-electron chi connectivity index (χ0n) is 13.9. The first-order valence-corrected chi connectivity index (χ1v) is 8.20. The Balaban J connectivity index is 1.81. The summed E-state index contributed by atoms with van der Waals surface area (Å²) in [6, 6.07) is 20.7. The maximum Gasteiger partial charge on any atom is 0.175 e. The molecule has 1 N–H and O–H groups in total. The van der Waals surface area contributed by atoms with Crippen LogP contribution in [0.3, 0.4) is 0 Å². The van der Waals surface area contributed by atoms with E-state index in [0.29, 0.717) is 17.2 Å². The standard InChI is InChI=1S/C21H16N4O/c26-19-9-5-4-8-18(19)21-23-20(11-10-16-12-14-22-15-13-16)24-25(21)17-6-2-1-3-7-17/h1-15,26H/b11-10+. The van der Waals surface area contributed by atoms with Crippen LogP contribution in [0.15, 0.2) is 79.1 Å². The fourth-order valence-electron chi connectivity index (χ4n) is 2.63. The Bertz CT molecular complexity index is 1040. The molecule has 0 bridgehead atoms. The summed E-state index contributed by atoms with van der Waals surface area (Å²) in [6.07, 6.45) is 7.26. The van der Waals surface area contributed by atoms with E-state index < -0.39 is 0 Å². The first-order valence-electron chi connectivity index (χ1n) is 8.20. The third-order valence-corrected chi connectivity index (χ3v) is 3.90. The van der Waals surface area contributed by atoms with Crippen LogP contribution in [0.25, 0.3) is 29.2 Å². The number of phenols is 1.